The van der Waals surface area contributed by atoms with Gasteiger partial charge in [-0.2, -0.15) is 0 Å². The maximum Gasteiger partial charge on any atom is 0.123 e. The van der Waals surface area contributed by atoms with Gasteiger partial charge in [-0.05, 0) is 74.6 Å². The number of hydrogen-bond donors (Lipinski definition) is 1. The van der Waals surface area contributed by atoms with Crippen LogP contribution in [0.3, 0.4) is 0 Å². The molecule has 0 amide bonds. The zero-order chi connectivity index (χ0) is 18.3. The molecular formula is C22H36FNO. The minimum Gasteiger partial charge on any atom is -0.375 e. The van der Waals surface area contributed by atoms with Crippen molar-refractivity contribution in [2.24, 2.45) is 11.3 Å². The first-order valence-corrected chi connectivity index (χ1v) is 9.96. The maximum absolute atomic E-state index is 13.0. The van der Waals surface area contributed by atoms with Crippen molar-refractivity contribution >= 4 is 0 Å². The van der Waals surface area contributed by atoms with E-state index in [1.54, 1.807) is 0 Å². The lowest BCUT2D eigenvalue weighted by Gasteiger charge is -2.47. The molecule has 2 nitrogen and oxygen atoms in total. The topological polar surface area (TPSA) is 21.3 Å². The van der Waals surface area contributed by atoms with Gasteiger partial charge in [0, 0.05) is 13.2 Å². The van der Waals surface area contributed by atoms with Gasteiger partial charge in [-0.1, -0.05) is 39.3 Å². The van der Waals surface area contributed by atoms with Crippen molar-refractivity contribution in [3.8, 4) is 0 Å². The molecule has 1 N–H and O–H groups in total. The fraction of sp³-hybridized carbons (Fsp3) is 0.727. The highest BCUT2D eigenvalue weighted by atomic mass is 19.1. The van der Waals surface area contributed by atoms with Crippen molar-refractivity contribution in [2.75, 3.05) is 13.2 Å². The van der Waals surface area contributed by atoms with Gasteiger partial charge >= 0.3 is 0 Å². The summed E-state index contributed by atoms with van der Waals surface area (Å²) in [4.78, 5) is 0. The molecule has 0 spiro atoms. The molecule has 1 aromatic carbocycles. The van der Waals surface area contributed by atoms with Crippen LogP contribution in [-0.4, -0.2) is 18.8 Å². The molecule has 0 saturated carbocycles. The molecule has 0 bridgehead atoms. The highest BCUT2D eigenvalue weighted by molar-refractivity contribution is 5.15. The molecule has 1 aliphatic rings. The van der Waals surface area contributed by atoms with Crippen LogP contribution in [0.2, 0.25) is 0 Å². The van der Waals surface area contributed by atoms with E-state index in [0.717, 1.165) is 37.6 Å². The summed E-state index contributed by atoms with van der Waals surface area (Å²) in [5, 5.41) is 3.56. The molecule has 1 aliphatic heterocycles. The van der Waals surface area contributed by atoms with Crippen molar-refractivity contribution in [2.45, 2.75) is 78.4 Å². The van der Waals surface area contributed by atoms with Gasteiger partial charge in [0.2, 0.25) is 0 Å². The lowest BCUT2D eigenvalue weighted by Crippen LogP contribution is -2.44. The SMILES string of the molecule is CC[C@@]1(C)C[C@](CCNCc2ccc(F)cc2)(CCC(C)C)CCO1. The first-order chi connectivity index (χ1) is 11.9. The molecule has 2 rings (SSSR count). The first-order valence-electron chi connectivity index (χ1n) is 9.96. The maximum atomic E-state index is 13.0. The predicted molar refractivity (Wildman–Crippen MR) is 103 cm³/mol. The molecule has 1 heterocycles. The molecule has 0 aromatic heterocycles. The third-order valence-electron chi connectivity index (χ3n) is 5.91. The summed E-state index contributed by atoms with van der Waals surface area (Å²) in [5.41, 5.74) is 1.57. The largest absolute Gasteiger partial charge is 0.375 e. The fourth-order valence-electron chi connectivity index (χ4n) is 4.01. The molecule has 0 radical (unpaired) electrons. The Morgan fingerprint density at radius 2 is 1.92 bits per heavy atom. The molecule has 142 valence electrons. The van der Waals surface area contributed by atoms with Crippen LogP contribution in [0.4, 0.5) is 4.39 Å². The van der Waals surface area contributed by atoms with Crippen LogP contribution in [0.15, 0.2) is 24.3 Å². The van der Waals surface area contributed by atoms with Crippen molar-refractivity contribution in [3.63, 3.8) is 0 Å². The second-order valence-corrected chi connectivity index (χ2v) is 8.56. The zero-order valence-electron chi connectivity index (χ0n) is 16.5. The normalized spacial score (nSPS) is 27.0. The van der Waals surface area contributed by atoms with Gasteiger partial charge in [-0.15, -0.1) is 0 Å². The highest BCUT2D eigenvalue weighted by Gasteiger charge is 2.41. The molecule has 1 fully saturated rings. The van der Waals surface area contributed by atoms with Gasteiger partial charge in [0.15, 0.2) is 0 Å². The van der Waals surface area contributed by atoms with E-state index in [0.29, 0.717) is 5.41 Å². The lowest BCUT2D eigenvalue weighted by molar-refractivity contribution is -0.122. The van der Waals surface area contributed by atoms with Crippen molar-refractivity contribution < 1.29 is 9.13 Å². The molecule has 0 unspecified atom stereocenters. The number of nitrogens with one attached hydrogen (secondary N) is 1. The van der Waals surface area contributed by atoms with E-state index in [2.05, 4.69) is 33.0 Å². The molecule has 1 aromatic rings. The second kappa shape index (κ2) is 9.14. The van der Waals surface area contributed by atoms with Crippen LogP contribution in [0.25, 0.3) is 0 Å². The van der Waals surface area contributed by atoms with E-state index in [-0.39, 0.29) is 11.4 Å². The van der Waals surface area contributed by atoms with E-state index >= 15 is 0 Å². The van der Waals surface area contributed by atoms with Crippen LogP contribution in [0.1, 0.15) is 71.8 Å². The number of rotatable bonds is 9. The van der Waals surface area contributed by atoms with E-state index in [4.69, 9.17) is 4.74 Å². The van der Waals surface area contributed by atoms with Crippen LogP contribution in [0, 0.1) is 17.2 Å². The smallest absolute Gasteiger partial charge is 0.123 e. The summed E-state index contributed by atoms with van der Waals surface area (Å²) in [7, 11) is 0. The minimum absolute atomic E-state index is 0.0339. The Bertz CT molecular complexity index is 515. The Morgan fingerprint density at radius 3 is 2.56 bits per heavy atom. The number of hydrogen-bond acceptors (Lipinski definition) is 2. The zero-order valence-corrected chi connectivity index (χ0v) is 16.5. The Labute approximate surface area is 153 Å². The van der Waals surface area contributed by atoms with Gasteiger partial charge in [-0.3, -0.25) is 0 Å². The monoisotopic (exact) mass is 349 g/mol. The summed E-state index contributed by atoms with van der Waals surface area (Å²) >= 11 is 0. The van der Waals surface area contributed by atoms with E-state index in [1.165, 1.54) is 44.2 Å². The Balaban J connectivity index is 1.90. The van der Waals surface area contributed by atoms with Gasteiger partial charge in [0.1, 0.15) is 5.82 Å². The van der Waals surface area contributed by atoms with E-state index in [1.807, 2.05) is 12.1 Å². The second-order valence-electron chi connectivity index (χ2n) is 8.56. The summed E-state index contributed by atoms with van der Waals surface area (Å²) in [5.74, 6) is 0.581. The fourth-order valence-corrected chi connectivity index (χ4v) is 4.01. The van der Waals surface area contributed by atoms with Crippen LogP contribution in [-0.2, 0) is 11.3 Å². The van der Waals surface area contributed by atoms with Gasteiger partial charge in [0.05, 0.1) is 5.60 Å². The first kappa shape index (κ1) is 20.4. The van der Waals surface area contributed by atoms with Gasteiger partial charge < -0.3 is 10.1 Å². The quantitative estimate of drug-likeness (QED) is 0.577. The van der Waals surface area contributed by atoms with Crippen molar-refractivity contribution in [3.05, 3.63) is 35.6 Å². The number of benzene rings is 1. The van der Waals surface area contributed by atoms with Crippen LogP contribution in [0.5, 0.6) is 0 Å². The molecule has 3 heteroatoms. The Morgan fingerprint density at radius 1 is 1.20 bits per heavy atom. The predicted octanol–water partition coefficient (Wildman–Crippen LogP) is 5.71. The average Bonchev–Trinajstić information content (AvgIpc) is 2.59. The standard InChI is InChI=1S/C22H36FNO/c1-5-21(4)17-22(13-15-25-21,11-10-18(2)3)12-14-24-16-19-6-8-20(23)9-7-19/h6-9,18,24H,5,10-17H2,1-4H3/t21-,22-/m0/s1. The van der Waals surface area contributed by atoms with Crippen LogP contribution < -0.4 is 5.32 Å². The van der Waals surface area contributed by atoms with E-state index < -0.39 is 0 Å². The minimum atomic E-state index is -0.169. The molecular weight excluding hydrogens is 313 g/mol. The lowest BCUT2D eigenvalue weighted by atomic mass is 9.67. The molecule has 1 saturated heterocycles. The van der Waals surface area contributed by atoms with E-state index in [9.17, 15) is 4.39 Å². The molecule has 25 heavy (non-hydrogen) atoms. The van der Waals surface area contributed by atoms with Crippen LogP contribution >= 0.6 is 0 Å². The highest BCUT2D eigenvalue weighted by Crippen LogP contribution is 2.46. The summed E-state index contributed by atoms with van der Waals surface area (Å²) in [6, 6.07) is 6.79. The summed E-state index contributed by atoms with van der Waals surface area (Å²) < 4.78 is 19.1. The number of ether oxygens (including phenoxy) is 1. The summed E-state index contributed by atoms with van der Waals surface area (Å²) in [6.07, 6.45) is 7.20. The van der Waals surface area contributed by atoms with Crippen molar-refractivity contribution in [1.82, 2.24) is 5.32 Å². The van der Waals surface area contributed by atoms with Gasteiger partial charge in [0.25, 0.3) is 0 Å². The third-order valence-corrected chi connectivity index (χ3v) is 5.91. The van der Waals surface area contributed by atoms with Gasteiger partial charge in [-0.25, -0.2) is 4.39 Å². The summed E-state index contributed by atoms with van der Waals surface area (Å²) in [6.45, 7) is 11.9. The molecule has 2 atom stereocenters. The Hall–Kier alpha value is -0.930. The molecule has 0 aliphatic carbocycles. The third kappa shape index (κ3) is 6.38. The Kier molecular flexibility index (Phi) is 7.45. The number of halogens is 1. The van der Waals surface area contributed by atoms with Crippen molar-refractivity contribution in [1.29, 1.82) is 0 Å². The average molecular weight is 350 g/mol.